The Kier molecular flexibility index (Phi) is 5.11. The monoisotopic (exact) mass is 334 g/mol. The van der Waals surface area contributed by atoms with Gasteiger partial charge in [-0.1, -0.05) is 47.5 Å². The van der Waals surface area contributed by atoms with Crippen molar-refractivity contribution >= 4 is 39.1 Å². The molecule has 2 aromatic rings. The van der Waals surface area contributed by atoms with Crippen LogP contribution in [-0.2, 0) is 6.42 Å². The van der Waals surface area contributed by atoms with Gasteiger partial charge in [-0.15, -0.1) is 11.3 Å². The number of hydrogen-bond acceptors (Lipinski definition) is 2. The summed E-state index contributed by atoms with van der Waals surface area (Å²) < 4.78 is 0.997. The molecule has 0 amide bonds. The number of halogens is 1. The average molecular weight is 335 g/mol. The number of rotatable bonds is 5. The zero-order chi connectivity index (χ0) is 13.7. The molecule has 0 spiro atoms. The van der Waals surface area contributed by atoms with Gasteiger partial charge in [0.05, 0.1) is 4.88 Å². The van der Waals surface area contributed by atoms with E-state index in [1.165, 1.54) is 4.88 Å². The van der Waals surface area contributed by atoms with E-state index in [0.717, 1.165) is 27.8 Å². The molecule has 0 saturated heterocycles. The van der Waals surface area contributed by atoms with Gasteiger partial charge < -0.3 is 0 Å². The Morgan fingerprint density at radius 3 is 2.79 bits per heavy atom. The minimum absolute atomic E-state index is 0.0723. The largest absolute Gasteiger partial charge is 0.288 e. The number of allylic oxidation sites excluding steroid dienone is 1. The predicted molar refractivity (Wildman–Crippen MR) is 85.8 cm³/mol. The van der Waals surface area contributed by atoms with Gasteiger partial charge in [0.2, 0.25) is 0 Å². The molecule has 0 saturated carbocycles. The van der Waals surface area contributed by atoms with Crippen LogP contribution in [0.4, 0.5) is 0 Å². The van der Waals surface area contributed by atoms with Gasteiger partial charge in [0.15, 0.2) is 5.78 Å². The molecule has 0 radical (unpaired) electrons. The van der Waals surface area contributed by atoms with Crippen molar-refractivity contribution in [1.29, 1.82) is 0 Å². The van der Waals surface area contributed by atoms with E-state index in [-0.39, 0.29) is 5.78 Å². The molecule has 1 aromatic carbocycles. The SMILES string of the molecule is CCCc1ccc(C(=O)/C=C/c2ccccc2Br)s1. The highest BCUT2D eigenvalue weighted by atomic mass is 79.9. The molecule has 0 N–H and O–H groups in total. The zero-order valence-corrected chi connectivity index (χ0v) is 13.1. The van der Waals surface area contributed by atoms with Gasteiger partial charge in [-0.25, -0.2) is 0 Å². The van der Waals surface area contributed by atoms with Gasteiger partial charge >= 0.3 is 0 Å². The topological polar surface area (TPSA) is 17.1 Å². The number of aryl methyl sites for hydroxylation is 1. The lowest BCUT2D eigenvalue weighted by molar-refractivity contribution is 0.105. The van der Waals surface area contributed by atoms with Gasteiger partial charge in [0.25, 0.3) is 0 Å². The van der Waals surface area contributed by atoms with Gasteiger partial charge in [-0.2, -0.15) is 0 Å². The minimum atomic E-state index is 0.0723. The van der Waals surface area contributed by atoms with Gasteiger partial charge in [-0.3, -0.25) is 4.79 Å². The Balaban J connectivity index is 2.10. The Hall–Kier alpha value is -1.19. The minimum Gasteiger partial charge on any atom is -0.288 e. The molecule has 0 atom stereocenters. The molecule has 3 heteroatoms. The molecule has 1 nitrogen and oxygen atoms in total. The highest BCUT2D eigenvalue weighted by Gasteiger charge is 2.06. The molecular formula is C16H15BrOS. The first-order chi connectivity index (χ1) is 9.20. The van der Waals surface area contributed by atoms with E-state index in [1.807, 2.05) is 42.5 Å². The fraction of sp³-hybridized carbons (Fsp3) is 0.188. The third kappa shape index (κ3) is 3.88. The van der Waals surface area contributed by atoms with Crippen molar-refractivity contribution in [3.8, 4) is 0 Å². The van der Waals surface area contributed by atoms with Crippen molar-refractivity contribution in [3.63, 3.8) is 0 Å². The fourth-order valence-corrected chi connectivity index (χ4v) is 3.20. The van der Waals surface area contributed by atoms with Gasteiger partial charge in [0, 0.05) is 9.35 Å². The number of carbonyl (C=O) groups is 1. The summed E-state index contributed by atoms with van der Waals surface area (Å²) in [6, 6.07) is 11.8. The number of ketones is 1. The van der Waals surface area contributed by atoms with Crippen LogP contribution in [0.2, 0.25) is 0 Å². The lowest BCUT2D eigenvalue weighted by Gasteiger charge is -1.96. The van der Waals surface area contributed by atoms with Crippen LogP contribution in [0.1, 0.15) is 33.5 Å². The van der Waals surface area contributed by atoms with Crippen LogP contribution in [0.3, 0.4) is 0 Å². The van der Waals surface area contributed by atoms with E-state index < -0.39 is 0 Å². The number of thiophene rings is 1. The van der Waals surface area contributed by atoms with Crippen LogP contribution >= 0.6 is 27.3 Å². The second kappa shape index (κ2) is 6.83. The van der Waals surface area contributed by atoms with Gasteiger partial charge in [0.1, 0.15) is 0 Å². The van der Waals surface area contributed by atoms with Crippen LogP contribution in [0.25, 0.3) is 6.08 Å². The first-order valence-corrected chi connectivity index (χ1v) is 7.87. The molecule has 0 fully saturated rings. The smallest absolute Gasteiger partial charge is 0.195 e. The summed E-state index contributed by atoms with van der Waals surface area (Å²) in [5.74, 6) is 0.0723. The first-order valence-electron chi connectivity index (χ1n) is 6.26. The van der Waals surface area contributed by atoms with Crippen molar-refractivity contribution in [2.24, 2.45) is 0 Å². The maximum absolute atomic E-state index is 12.1. The predicted octanol–water partition coefficient (Wildman–Crippen LogP) is 5.36. The third-order valence-electron chi connectivity index (χ3n) is 2.72. The molecule has 1 heterocycles. The second-order valence-corrected chi connectivity index (χ2v) is 6.26. The molecule has 19 heavy (non-hydrogen) atoms. The molecule has 2 rings (SSSR count). The normalized spacial score (nSPS) is 11.1. The zero-order valence-electron chi connectivity index (χ0n) is 10.7. The molecule has 0 aliphatic rings. The van der Waals surface area contributed by atoms with Crippen molar-refractivity contribution in [2.45, 2.75) is 19.8 Å². The van der Waals surface area contributed by atoms with E-state index in [0.29, 0.717) is 0 Å². The summed E-state index contributed by atoms with van der Waals surface area (Å²) in [4.78, 5) is 14.1. The molecule has 0 aliphatic heterocycles. The molecule has 0 bridgehead atoms. The maximum Gasteiger partial charge on any atom is 0.195 e. The Bertz CT molecular complexity index is 598. The number of carbonyl (C=O) groups excluding carboxylic acids is 1. The van der Waals surface area contributed by atoms with Crippen LogP contribution in [0.5, 0.6) is 0 Å². The second-order valence-electron chi connectivity index (χ2n) is 4.24. The van der Waals surface area contributed by atoms with Gasteiger partial charge in [-0.05, 0) is 42.3 Å². The van der Waals surface area contributed by atoms with E-state index in [2.05, 4.69) is 22.9 Å². The summed E-state index contributed by atoms with van der Waals surface area (Å²) in [6.45, 7) is 2.15. The highest BCUT2D eigenvalue weighted by Crippen LogP contribution is 2.21. The van der Waals surface area contributed by atoms with Crippen molar-refractivity contribution in [2.75, 3.05) is 0 Å². The van der Waals surface area contributed by atoms with Crippen molar-refractivity contribution < 1.29 is 4.79 Å². The molecule has 0 unspecified atom stereocenters. The summed E-state index contributed by atoms with van der Waals surface area (Å²) >= 11 is 5.06. The highest BCUT2D eigenvalue weighted by molar-refractivity contribution is 9.10. The van der Waals surface area contributed by atoms with Crippen molar-refractivity contribution in [3.05, 3.63) is 62.3 Å². The maximum atomic E-state index is 12.1. The van der Waals surface area contributed by atoms with Crippen LogP contribution in [0.15, 0.2) is 46.9 Å². The lowest BCUT2D eigenvalue weighted by Crippen LogP contribution is -1.89. The number of hydrogen-bond donors (Lipinski definition) is 0. The molecule has 98 valence electrons. The van der Waals surface area contributed by atoms with Crippen LogP contribution < -0.4 is 0 Å². The molecular weight excluding hydrogens is 320 g/mol. The van der Waals surface area contributed by atoms with E-state index in [9.17, 15) is 4.79 Å². The Labute approximate surface area is 126 Å². The Morgan fingerprint density at radius 2 is 2.05 bits per heavy atom. The molecule has 1 aromatic heterocycles. The number of benzene rings is 1. The van der Waals surface area contributed by atoms with Crippen LogP contribution in [-0.4, -0.2) is 5.78 Å². The summed E-state index contributed by atoms with van der Waals surface area (Å²) in [6.07, 6.45) is 5.65. The van der Waals surface area contributed by atoms with E-state index in [4.69, 9.17) is 0 Å². The van der Waals surface area contributed by atoms with Crippen molar-refractivity contribution in [1.82, 2.24) is 0 Å². The first kappa shape index (κ1) is 14.2. The van der Waals surface area contributed by atoms with E-state index in [1.54, 1.807) is 17.4 Å². The summed E-state index contributed by atoms with van der Waals surface area (Å²) in [5, 5.41) is 0. The standard InChI is InChI=1S/C16H15BrOS/c1-2-5-13-9-11-16(19-13)15(18)10-8-12-6-3-4-7-14(12)17/h3-4,6-11H,2,5H2,1H3/b10-8+. The Morgan fingerprint density at radius 1 is 1.26 bits per heavy atom. The average Bonchev–Trinajstić information content (AvgIpc) is 2.87. The van der Waals surface area contributed by atoms with E-state index >= 15 is 0 Å². The quantitative estimate of drug-likeness (QED) is 0.531. The summed E-state index contributed by atoms with van der Waals surface area (Å²) in [5.41, 5.74) is 1.01. The fourth-order valence-electron chi connectivity index (χ4n) is 1.75. The summed E-state index contributed by atoms with van der Waals surface area (Å²) in [7, 11) is 0. The van der Waals surface area contributed by atoms with Crippen LogP contribution in [0, 0.1) is 0 Å². The molecule has 0 aliphatic carbocycles. The lowest BCUT2D eigenvalue weighted by atomic mass is 10.2. The third-order valence-corrected chi connectivity index (χ3v) is 4.60.